The summed E-state index contributed by atoms with van der Waals surface area (Å²) in [5.41, 5.74) is 4.32. The lowest BCUT2D eigenvalue weighted by Crippen LogP contribution is -2.51. The number of amides is 2. The molecule has 0 saturated carbocycles. The van der Waals surface area contributed by atoms with Crippen LogP contribution in [-0.2, 0) is 26.2 Å². The van der Waals surface area contributed by atoms with Gasteiger partial charge >= 0.3 is 0 Å². The maximum absolute atomic E-state index is 13.5. The van der Waals surface area contributed by atoms with E-state index in [0.717, 1.165) is 32.8 Å². The number of hydrogen-bond acceptors (Lipinski definition) is 4. The van der Waals surface area contributed by atoms with E-state index in [1.807, 2.05) is 65.0 Å². The molecule has 1 N–H and O–H groups in total. The highest BCUT2D eigenvalue weighted by atomic mass is 32.2. The Balaban J connectivity index is 2.37. The molecule has 8 heteroatoms. The third-order valence-corrected chi connectivity index (χ3v) is 6.92. The standard InChI is InChI=1S/C26H37N3O4S/c1-18(2)15-27-26(31)22(6)28(16-23-11-8-19(3)9-12-23)25(30)17-29(34(7,32)33)24-13-10-20(4)21(5)14-24/h8-14,18,22H,15-17H2,1-7H3,(H,27,31)/t22-/m1/s1. The second kappa shape index (κ2) is 11.5. The van der Waals surface area contributed by atoms with E-state index in [1.165, 1.54) is 4.90 Å². The summed E-state index contributed by atoms with van der Waals surface area (Å²) in [5, 5.41) is 2.88. The van der Waals surface area contributed by atoms with Gasteiger partial charge in [-0.15, -0.1) is 0 Å². The van der Waals surface area contributed by atoms with Crippen molar-refractivity contribution >= 4 is 27.5 Å². The molecule has 0 spiro atoms. The van der Waals surface area contributed by atoms with Crippen LogP contribution in [0.4, 0.5) is 5.69 Å². The summed E-state index contributed by atoms with van der Waals surface area (Å²) >= 11 is 0. The molecular formula is C26H37N3O4S. The number of aryl methyl sites for hydroxylation is 3. The lowest BCUT2D eigenvalue weighted by molar-refractivity contribution is -0.139. The summed E-state index contributed by atoms with van der Waals surface area (Å²) in [4.78, 5) is 27.8. The molecule has 2 aromatic carbocycles. The fourth-order valence-electron chi connectivity index (χ4n) is 3.42. The van der Waals surface area contributed by atoms with E-state index < -0.39 is 28.5 Å². The van der Waals surface area contributed by atoms with Gasteiger partial charge in [0.05, 0.1) is 11.9 Å². The molecule has 0 fully saturated rings. The van der Waals surface area contributed by atoms with Crippen molar-refractivity contribution in [1.29, 1.82) is 0 Å². The molecule has 0 saturated heterocycles. The largest absolute Gasteiger partial charge is 0.354 e. The Hall–Kier alpha value is -2.87. The Morgan fingerprint density at radius 1 is 0.941 bits per heavy atom. The predicted molar refractivity (Wildman–Crippen MR) is 137 cm³/mol. The number of carbonyl (C=O) groups is 2. The SMILES string of the molecule is Cc1ccc(CN(C(=O)CN(c2ccc(C)c(C)c2)S(C)(=O)=O)[C@H](C)C(=O)NCC(C)C)cc1. The van der Waals surface area contributed by atoms with Gasteiger partial charge in [-0.2, -0.15) is 0 Å². The maximum Gasteiger partial charge on any atom is 0.244 e. The van der Waals surface area contributed by atoms with E-state index >= 15 is 0 Å². The van der Waals surface area contributed by atoms with Crippen molar-refractivity contribution in [3.8, 4) is 0 Å². The number of nitrogens with zero attached hydrogens (tertiary/aromatic N) is 2. The number of sulfonamides is 1. The summed E-state index contributed by atoms with van der Waals surface area (Å²) in [6.07, 6.45) is 1.08. The zero-order valence-electron chi connectivity index (χ0n) is 21.3. The van der Waals surface area contributed by atoms with Crippen LogP contribution >= 0.6 is 0 Å². The molecule has 34 heavy (non-hydrogen) atoms. The van der Waals surface area contributed by atoms with Gasteiger partial charge in [0.15, 0.2) is 0 Å². The minimum Gasteiger partial charge on any atom is -0.354 e. The molecule has 186 valence electrons. The van der Waals surface area contributed by atoms with Crippen molar-refractivity contribution in [2.24, 2.45) is 5.92 Å². The van der Waals surface area contributed by atoms with Crippen molar-refractivity contribution < 1.29 is 18.0 Å². The Kier molecular flexibility index (Phi) is 9.27. The number of rotatable bonds is 10. The Bertz CT molecular complexity index is 1110. The molecule has 0 aliphatic rings. The van der Waals surface area contributed by atoms with Gasteiger partial charge in [0.1, 0.15) is 12.6 Å². The molecule has 0 heterocycles. The fourth-order valence-corrected chi connectivity index (χ4v) is 4.26. The average molecular weight is 488 g/mol. The van der Waals surface area contributed by atoms with Gasteiger partial charge in [-0.3, -0.25) is 13.9 Å². The van der Waals surface area contributed by atoms with E-state index in [9.17, 15) is 18.0 Å². The maximum atomic E-state index is 13.5. The van der Waals surface area contributed by atoms with Crippen LogP contribution in [0.5, 0.6) is 0 Å². The number of anilines is 1. The van der Waals surface area contributed by atoms with Crippen molar-refractivity contribution in [2.75, 3.05) is 23.7 Å². The van der Waals surface area contributed by atoms with Gasteiger partial charge < -0.3 is 10.2 Å². The van der Waals surface area contributed by atoms with E-state index in [2.05, 4.69) is 5.32 Å². The highest BCUT2D eigenvalue weighted by molar-refractivity contribution is 7.92. The first-order valence-corrected chi connectivity index (χ1v) is 13.3. The van der Waals surface area contributed by atoms with Gasteiger partial charge in [0.2, 0.25) is 21.8 Å². The summed E-state index contributed by atoms with van der Waals surface area (Å²) in [7, 11) is -3.74. The van der Waals surface area contributed by atoms with E-state index in [4.69, 9.17) is 0 Å². The van der Waals surface area contributed by atoms with E-state index in [0.29, 0.717) is 12.2 Å². The van der Waals surface area contributed by atoms with Crippen LogP contribution < -0.4 is 9.62 Å². The second-order valence-corrected chi connectivity index (χ2v) is 11.3. The van der Waals surface area contributed by atoms with Crippen LogP contribution in [-0.4, -0.2) is 50.5 Å². The molecule has 1 atom stereocenters. The molecule has 7 nitrogen and oxygen atoms in total. The third-order valence-electron chi connectivity index (χ3n) is 5.78. The minimum absolute atomic E-state index is 0.194. The van der Waals surface area contributed by atoms with E-state index in [1.54, 1.807) is 19.1 Å². The van der Waals surface area contributed by atoms with Gasteiger partial charge in [0, 0.05) is 13.1 Å². The number of benzene rings is 2. The molecule has 0 unspecified atom stereocenters. The first-order valence-electron chi connectivity index (χ1n) is 11.5. The first-order chi connectivity index (χ1) is 15.8. The molecular weight excluding hydrogens is 450 g/mol. The smallest absolute Gasteiger partial charge is 0.244 e. The topological polar surface area (TPSA) is 86.8 Å². The lowest BCUT2D eigenvalue weighted by Gasteiger charge is -2.31. The number of carbonyl (C=O) groups excluding carboxylic acids is 2. The van der Waals surface area contributed by atoms with Crippen LogP contribution in [0.15, 0.2) is 42.5 Å². The molecule has 0 bridgehead atoms. The highest BCUT2D eigenvalue weighted by Gasteiger charge is 2.30. The second-order valence-electron chi connectivity index (χ2n) is 9.36. The number of nitrogens with one attached hydrogen (secondary N) is 1. The molecule has 0 radical (unpaired) electrons. The Morgan fingerprint density at radius 3 is 2.09 bits per heavy atom. The van der Waals surface area contributed by atoms with Crippen LogP contribution in [0.2, 0.25) is 0 Å². The average Bonchev–Trinajstić information content (AvgIpc) is 2.76. The van der Waals surface area contributed by atoms with Gasteiger partial charge in [-0.25, -0.2) is 8.42 Å². The molecule has 2 rings (SSSR count). The zero-order valence-corrected chi connectivity index (χ0v) is 22.1. The third kappa shape index (κ3) is 7.58. The Labute approximate surface area is 204 Å². The minimum atomic E-state index is -3.74. The number of hydrogen-bond donors (Lipinski definition) is 1. The van der Waals surface area contributed by atoms with Crippen LogP contribution in [0, 0.1) is 26.7 Å². The Morgan fingerprint density at radius 2 is 1.56 bits per heavy atom. The zero-order chi connectivity index (χ0) is 25.6. The monoisotopic (exact) mass is 487 g/mol. The summed E-state index contributed by atoms with van der Waals surface area (Å²) < 4.78 is 26.4. The normalized spacial score (nSPS) is 12.4. The predicted octanol–water partition coefficient (Wildman–Crippen LogP) is 3.57. The molecule has 0 aliphatic carbocycles. The highest BCUT2D eigenvalue weighted by Crippen LogP contribution is 2.22. The van der Waals surface area contributed by atoms with Crippen LogP contribution in [0.25, 0.3) is 0 Å². The fraction of sp³-hybridized carbons (Fsp3) is 0.462. The first kappa shape index (κ1) is 27.4. The van der Waals surface area contributed by atoms with Gasteiger partial charge in [-0.05, 0) is 62.4 Å². The van der Waals surface area contributed by atoms with Crippen LogP contribution in [0.1, 0.15) is 43.0 Å². The lowest BCUT2D eigenvalue weighted by atomic mass is 10.1. The van der Waals surface area contributed by atoms with Gasteiger partial charge in [0.25, 0.3) is 0 Å². The van der Waals surface area contributed by atoms with Crippen molar-refractivity contribution in [1.82, 2.24) is 10.2 Å². The summed E-state index contributed by atoms with van der Waals surface area (Å²) in [6.45, 7) is 11.8. The molecule has 2 aromatic rings. The summed E-state index contributed by atoms with van der Waals surface area (Å²) in [5.74, 6) is -0.453. The van der Waals surface area contributed by atoms with Crippen LogP contribution in [0.3, 0.4) is 0 Å². The molecule has 0 aromatic heterocycles. The van der Waals surface area contributed by atoms with Gasteiger partial charge in [-0.1, -0.05) is 49.7 Å². The van der Waals surface area contributed by atoms with Crippen molar-refractivity contribution in [3.05, 3.63) is 64.7 Å². The van der Waals surface area contributed by atoms with Crippen molar-refractivity contribution in [2.45, 2.75) is 54.1 Å². The molecule has 0 aliphatic heterocycles. The molecule has 2 amide bonds. The quantitative estimate of drug-likeness (QED) is 0.555. The van der Waals surface area contributed by atoms with E-state index in [-0.39, 0.29) is 18.4 Å². The summed E-state index contributed by atoms with van der Waals surface area (Å²) in [6, 6.07) is 12.2. The van der Waals surface area contributed by atoms with Crippen molar-refractivity contribution in [3.63, 3.8) is 0 Å².